The highest BCUT2D eigenvalue weighted by molar-refractivity contribution is 5.62. The van der Waals surface area contributed by atoms with Crippen molar-refractivity contribution in [3.63, 3.8) is 0 Å². The Kier molecular flexibility index (Phi) is 4.28. The summed E-state index contributed by atoms with van der Waals surface area (Å²) in [6, 6.07) is 5.66. The monoisotopic (exact) mass is 253 g/mol. The number of ether oxygens (including phenoxy) is 3. The zero-order chi connectivity index (χ0) is 13.0. The van der Waals surface area contributed by atoms with Crippen LogP contribution in [0.4, 0.5) is 5.69 Å². The third kappa shape index (κ3) is 2.52. The Bertz CT molecular complexity index is 397. The summed E-state index contributed by atoms with van der Waals surface area (Å²) in [6.07, 6.45) is 0. The van der Waals surface area contributed by atoms with E-state index < -0.39 is 0 Å². The molecule has 1 atom stereocenters. The van der Waals surface area contributed by atoms with Crippen molar-refractivity contribution >= 4 is 5.69 Å². The first-order chi connectivity index (χ1) is 8.80. The van der Waals surface area contributed by atoms with E-state index in [4.69, 9.17) is 14.2 Å². The molecule has 18 heavy (non-hydrogen) atoms. The van der Waals surface area contributed by atoms with E-state index in [1.165, 1.54) is 0 Å². The number of methoxy groups -OCH3 is 2. The molecule has 1 aromatic carbocycles. The summed E-state index contributed by atoms with van der Waals surface area (Å²) in [5.74, 6) is 1.50. The SMILES string of the molecule is COc1ccc(N2CCOCC2CO)c(OC)c1. The molecule has 0 saturated carbocycles. The van der Waals surface area contributed by atoms with Gasteiger partial charge in [0.05, 0.1) is 45.8 Å². The van der Waals surface area contributed by atoms with E-state index in [0.29, 0.717) is 13.2 Å². The number of nitrogens with zero attached hydrogens (tertiary/aromatic N) is 1. The van der Waals surface area contributed by atoms with Crippen LogP contribution in [-0.4, -0.2) is 51.7 Å². The fourth-order valence-corrected chi connectivity index (χ4v) is 2.15. The van der Waals surface area contributed by atoms with Crippen molar-refractivity contribution in [3.05, 3.63) is 18.2 Å². The average Bonchev–Trinajstić information content (AvgIpc) is 2.46. The van der Waals surface area contributed by atoms with Gasteiger partial charge in [0.25, 0.3) is 0 Å². The summed E-state index contributed by atoms with van der Waals surface area (Å²) < 4.78 is 15.9. The molecule has 0 radical (unpaired) electrons. The van der Waals surface area contributed by atoms with Gasteiger partial charge < -0.3 is 24.2 Å². The topological polar surface area (TPSA) is 51.2 Å². The van der Waals surface area contributed by atoms with Gasteiger partial charge in [-0.05, 0) is 12.1 Å². The first-order valence-corrected chi connectivity index (χ1v) is 5.97. The molecule has 1 aromatic rings. The molecule has 0 aliphatic carbocycles. The Labute approximate surface area is 107 Å². The van der Waals surface area contributed by atoms with Crippen LogP contribution in [0.1, 0.15) is 0 Å². The minimum atomic E-state index is -0.0268. The largest absolute Gasteiger partial charge is 0.497 e. The van der Waals surface area contributed by atoms with Crippen LogP contribution in [0.15, 0.2) is 18.2 Å². The lowest BCUT2D eigenvalue weighted by Gasteiger charge is -2.37. The maximum Gasteiger partial charge on any atom is 0.145 e. The summed E-state index contributed by atoms with van der Waals surface area (Å²) in [5, 5.41) is 9.40. The van der Waals surface area contributed by atoms with E-state index in [-0.39, 0.29) is 12.6 Å². The summed E-state index contributed by atoms with van der Waals surface area (Å²) in [6.45, 7) is 2.00. The highest BCUT2D eigenvalue weighted by Crippen LogP contribution is 2.33. The lowest BCUT2D eigenvalue weighted by molar-refractivity contribution is 0.0724. The molecule has 0 amide bonds. The van der Waals surface area contributed by atoms with E-state index >= 15 is 0 Å². The smallest absolute Gasteiger partial charge is 0.145 e. The van der Waals surface area contributed by atoms with Gasteiger partial charge in [-0.2, -0.15) is 0 Å². The lowest BCUT2D eigenvalue weighted by atomic mass is 10.1. The first kappa shape index (κ1) is 13.0. The fraction of sp³-hybridized carbons (Fsp3) is 0.538. The predicted molar refractivity (Wildman–Crippen MR) is 68.6 cm³/mol. The fourth-order valence-electron chi connectivity index (χ4n) is 2.15. The molecule has 1 aliphatic rings. The predicted octanol–water partition coefficient (Wildman–Crippen LogP) is 0.901. The average molecular weight is 253 g/mol. The van der Waals surface area contributed by atoms with Crippen LogP contribution >= 0.6 is 0 Å². The number of benzene rings is 1. The van der Waals surface area contributed by atoms with Gasteiger partial charge in [0.1, 0.15) is 11.5 Å². The number of hydrogen-bond donors (Lipinski definition) is 1. The molecule has 1 fully saturated rings. The van der Waals surface area contributed by atoms with Crippen molar-refractivity contribution in [2.24, 2.45) is 0 Å². The zero-order valence-corrected chi connectivity index (χ0v) is 10.8. The van der Waals surface area contributed by atoms with E-state index in [1.807, 2.05) is 18.2 Å². The summed E-state index contributed by atoms with van der Waals surface area (Å²) in [5.41, 5.74) is 0.959. The van der Waals surface area contributed by atoms with Crippen molar-refractivity contribution in [1.82, 2.24) is 0 Å². The molecule has 0 bridgehead atoms. The second kappa shape index (κ2) is 5.93. The number of rotatable bonds is 4. The molecule has 5 nitrogen and oxygen atoms in total. The maximum absolute atomic E-state index is 9.40. The summed E-state index contributed by atoms with van der Waals surface area (Å²) in [4.78, 5) is 2.11. The highest BCUT2D eigenvalue weighted by atomic mass is 16.5. The third-order valence-corrected chi connectivity index (χ3v) is 3.13. The van der Waals surface area contributed by atoms with Gasteiger partial charge in [-0.3, -0.25) is 0 Å². The van der Waals surface area contributed by atoms with Gasteiger partial charge in [-0.25, -0.2) is 0 Å². The van der Waals surface area contributed by atoms with Gasteiger partial charge in [-0.15, -0.1) is 0 Å². The molecule has 1 N–H and O–H groups in total. The number of aliphatic hydroxyl groups is 1. The minimum absolute atomic E-state index is 0.0268. The Morgan fingerprint density at radius 1 is 1.39 bits per heavy atom. The Morgan fingerprint density at radius 2 is 2.22 bits per heavy atom. The van der Waals surface area contributed by atoms with Crippen LogP contribution in [-0.2, 0) is 4.74 Å². The normalized spacial score (nSPS) is 19.7. The third-order valence-electron chi connectivity index (χ3n) is 3.13. The maximum atomic E-state index is 9.40. The van der Waals surface area contributed by atoms with Crippen molar-refractivity contribution in [1.29, 1.82) is 0 Å². The van der Waals surface area contributed by atoms with Crippen molar-refractivity contribution in [2.75, 3.05) is 45.5 Å². The van der Waals surface area contributed by atoms with Crippen LogP contribution in [0.3, 0.4) is 0 Å². The Balaban J connectivity index is 2.30. The van der Waals surface area contributed by atoms with Gasteiger partial charge in [0.2, 0.25) is 0 Å². The van der Waals surface area contributed by atoms with E-state index in [0.717, 1.165) is 23.7 Å². The number of morpholine rings is 1. The summed E-state index contributed by atoms with van der Waals surface area (Å²) in [7, 11) is 3.26. The van der Waals surface area contributed by atoms with Gasteiger partial charge in [0, 0.05) is 12.6 Å². The van der Waals surface area contributed by atoms with E-state index in [2.05, 4.69) is 4.90 Å². The highest BCUT2D eigenvalue weighted by Gasteiger charge is 2.25. The second-order valence-corrected chi connectivity index (χ2v) is 4.14. The van der Waals surface area contributed by atoms with Crippen LogP contribution in [0.25, 0.3) is 0 Å². The zero-order valence-electron chi connectivity index (χ0n) is 10.8. The van der Waals surface area contributed by atoms with Crippen LogP contribution in [0.2, 0.25) is 0 Å². The Morgan fingerprint density at radius 3 is 2.89 bits per heavy atom. The van der Waals surface area contributed by atoms with E-state index in [9.17, 15) is 5.11 Å². The van der Waals surface area contributed by atoms with Crippen LogP contribution in [0.5, 0.6) is 11.5 Å². The van der Waals surface area contributed by atoms with E-state index in [1.54, 1.807) is 14.2 Å². The molecule has 1 unspecified atom stereocenters. The van der Waals surface area contributed by atoms with Gasteiger partial charge in [0.15, 0.2) is 0 Å². The van der Waals surface area contributed by atoms with Gasteiger partial charge >= 0.3 is 0 Å². The van der Waals surface area contributed by atoms with Crippen molar-refractivity contribution in [3.8, 4) is 11.5 Å². The Hall–Kier alpha value is -1.46. The van der Waals surface area contributed by atoms with Gasteiger partial charge in [-0.1, -0.05) is 0 Å². The number of anilines is 1. The van der Waals surface area contributed by atoms with Crippen LogP contribution < -0.4 is 14.4 Å². The molecule has 1 aliphatic heterocycles. The summed E-state index contributed by atoms with van der Waals surface area (Å²) >= 11 is 0. The van der Waals surface area contributed by atoms with Crippen molar-refractivity contribution < 1.29 is 19.3 Å². The number of aliphatic hydroxyl groups excluding tert-OH is 1. The quantitative estimate of drug-likeness (QED) is 0.864. The molecule has 5 heteroatoms. The number of hydrogen-bond acceptors (Lipinski definition) is 5. The standard InChI is InChI=1S/C13H19NO4/c1-16-11-3-4-12(13(7-11)17-2)14-5-6-18-9-10(14)8-15/h3-4,7,10,15H,5-6,8-9H2,1-2H3. The molecule has 2 rings (SSSR count). The lowest BCUT2D eigenvalue weighted by Crippen LogP contribution is -2.47. The molecule has 1 saturated heterocycles. The molecule has 100 valence electrons. The first-order valence-electron chi connectivity index (χ1n) is 5.97. The molecule has 0 spiro atoms. The molecular formula is C13H19NO4. The second-order valence-electron chi connectivity index (χ2n) is 4.14. The molecule has 1 heterocycles. The van der Waals surface area contributed by atoms with Crippen molar-refractivity contribution in [2.45, 2.75) is 6.04 Å². The molecular weight excluding hydrogens is 234 g/mol. The molecule has 0 aromatic heterocycles. The minimum Gasteiger partial charge on any atom is -0.497 e. The van der Waals surface area contributed by atoms with Crippen LogP contribution in [0, 0.1) is 0 Å².